The molecule has 70 valence electrons. The molecule has 0 spiro atoms. The van der Waals surface area contributed by atoms with Crippen LogP contribution in [0.25, 0.3) is 0 Å². The zero-order valence-corrected chi connectivity index (χ0v) is 7.88. The van der Waals surface area contributed by atoms with Crippen LogP contribution in [0.1, 0.15) is 39.0 Å². The molecule has 2 heterocycles. The summed E-state index contributed by atoms with van der Waals surface area (Å²) in [7, 11) is 0. The van der Waals surface area contributed by atoms with Crippen LogP contribution >= 0.6 is 0 Å². The van der Waals surface area contributed by atoms with Gasteiger partial charge in [-0.25, -0.2) is 0 Å². The molecule has 3 atom stereocenters. The fraction of sp³-hybridized carbons (Fsp3) is 1.00. The van der Waals surface area contributed by atoms with Gasteiger partial charge in [0, 0.05) is 18.7 Å². The number of piperidine rings is 1. The van der Waals surface area contributed by atoms with E-state index in [-0.39, 0.29) is 0 Å². The van der Waals surface area contributed by atoms with Crippen molar-refractivity contribution in [3.05, 3.63) is 0 Å². The summed E-state index contributed by atoms with van der Waals surface area (Å²) in [6, 6.07) is 1.54. The fourth-order valence-electron chi connectivity index (χ4n) is 2.43. The van der Waals surface area contributed by atoms with E-state index in [1.807, 2.05) is 0 Å². The first-order chi connectivity index (χ1) is 5.88. The quantitative estimate of drug-likeness (QED) is 0.694. The summed E-state index contributed by atoms with van der Waals surface area (Å²) in [5, 5.41) is 3.62. The monoisotopic (exact) mass is 169 g/mol. The molecule has 1 N–H and O–H groups in total. The minimum atomic E-state index is 0.559. The Hall–Kier alpha value is -0.0800. The molecule has 1 unspecified atom stereocenters. The molecule has 0 aromatic rings. The van der Waals surface area contributed by atoms with Crippen molar-refractivity contribution in [1.29, 1.82) is 0 Å². The lowest BCUT2D eigenvalue weighted by Crippen LogP contribution is -2.41. The van der Waals surface area contributed by atoms with E-state index in [1.54, 1.807) is 0 Å². The summed E-state index contributed by atoms with van der Waals surface area (Å²) in [6.45, 7) is 3.12. The van der Waals surface area contributed by atoms with Gasteiger partial charge in [0.1, 0.15) is 0 Å². The van der Waals surface area contributed by atoms with E-state index >= 15 is 0 Å². The van der Waals surface area contributed by atoms with Crippen molar-refractivity contribution in [3.8, 4) is 0 Å². The Labute approximate surface area is 74.7 Å². The summed E-state index contributed by atoms with van der Waals surface area (Å²) >= 11 is 0. The molecular weight excluding hydrogens is 150 g/mol. The highest BCUT2D eigenvalue weighted by atomic mass is 16.5. The van der Waals surface area contributed by atoms with E-state index in [0.717, 1.165) is 25.1 Å². The topological polar surface area (TPSA) is 21.3 Å². The van der Waals surface area contributed by atoms with Gasteiger partial charge in [0.2, 0.25) is 0 Å². The van der Waals surface area contributed by atoms with Crippen LogP contribution in [-0.2, 0) is 4.74 Å². The molecule has 2 aliphatic rings. The third-order valence-electron chi connectivity index (χ3n) is 2.99. The highest BCUT2D eigenvalue weighted by Crippen LogP contribution is 2.28. The Kier molecular flexibility index (Phi) is 2.66. The maximum Gasteiger partial charge on any atom is 0.0604 e. The van der Waals surface area contributed by atoms with E-state index in [4.69, 9.17) is 4.74 Å². The van der Waals surface area contributed by atoms with Gasteiger partial charge in [-0.1, -0.05) is 6.92 Å². The molecule has 0 aliphatic carbocycles. The second-order valence-electron chi connectivity index (χ2n) is 4.10. The number of ether oxygens (including phenoxy) is 1. The van der Waals surface area contributed by atoms with Crippen molar-refractivity contribution >= 4 is 0 Å². The van der Waals surface area contributed by atoms with Gasteiger partial charge in [-0.2, -0.15) is 0 Å². The number of rotatable bonds is 3. The normalized spacial score (nSPS) is 40.2. The summed E-state index contributed by atoms with van der Waals surface area (Å²) in [5.74, 6) is 0. The molecule has 0 radical (unpaired) electrons. The van der Waals surface area contributed by atoms with E-state index in [9.17, 15) is 0 Å². The van der Waals surface area contributed by atoms with Crippen molar-refractivity contribution in [2.24, 2.45) is 0 Å². The van der Waals surface area contributed by atoms with Gasteiger partial charge < -0.3 is 10.1 Å². The van der Waals surface area contributed by atoms with Gasteiger partial charge in [0.15, 0.2) is 0 Å². The third-order valence-corrected chi connectivity index (χ3v) is 2.99. The Morgan fingerprint density at radius 1 is 1.25 bits per heavy atom. The van der Waals surface area contributed by atoms with Crippen LogP contribution < -0.4 is 5.32 Å². The van der Waals surface area contributed by atoms with Gasteiger partial charge in [0.05, 0.1) is 6.10 Å². The van der Waals surface area contributed by atoms with Gasteiger partial charge in [-0.05, 0) is 32.1 Å². The number of nitrogens with one attached hydrogen (secondary N) is 1. The Bertz CT molecular complexity index is 137. The second-order valence-corrected chi connectivity index (χ2v) is 4.10. The van der Waals surface area contributed by atoms with Crippen molar-refractivity contribution in [1.82, 2.24) is 5.32 Å². The van der Waals surface area contributed by atoms with Crippen LogP contribution in [0.2, 0.25) is 0 Å². The van der Waals surface area contributed by atoms with Gasteiger partial charge >= 0.3 is 0 Å². The molecule has 12 heavy (non-hydrogen) atoms. The Morgan fingerprint density at radius 3 is 2.50 bits per heavy atom. The maximum absolute atomic E-state index is 5.77. The van der Waals surface area contributed by atoms with Gasteiger partial charge in [0.25, 0.3) is 0 Å². The largest absolute Gasteiger partial charge is 0.378 e. The molecule has 0 aromatic carbocycles. The van der Waals surface area contributed by atoms with Crippen molar-refractivity contribution in [2.45, 2.75) is 57.2 Å². The van der Waals surface area contributed by atoms with E-state index in [0.29, 0.717) is 6.10 Å². The number of hydrogen-bond acceptors (Lipinski definition) is 2. The predicted octanol–water partition coefficient (Wildman–Crippen LogP) is 1.70. The zero-order valence-electron chi connectivity index (χ0n) is 7.88. The van der Waals surface area contributed by atoms with E-state index < -0.39 is 0 Å². The van der Waals surface area contributed by atoms with Crippen molar-refractivity contribution < 1.29 is 4.74 Å². The third kappa shape index (κ3) is 1.80. The van der Waals surface area contributed by atoms with E-state index in [1.165, 1.54) is 25.7 Å². The Balaban J connectivity index is 1.78. The number of hydrogen-bond donors (Lipinski definition) is 1. The van der Waals surface area contributed by atoms with Gasteiger partial charge in [-0.3, -0.25) is 0 Å². The molecule has 0 saturated carbocycles. The lowest BCUT2D eigenvalue weighted by Gasteiger charge is -2.28. The standard InChI is InChI=1S/C10H19NO/c1-2-5-12-10-6-8-3-4-9(7-10)11-8/h8-11H,2-7H2,1H3/t8-,9?,10+/m0/s1. The van der Waals surface area contributed by atoms with Crippen LogP contribution in [0.15, 0.2) is 0 Å². The lowest BCUT2D eigenvalue weighted by molar-refractivity contribution is 0.0207. The summed E-state index contributed by atoms with van der Waals surface area (Å²) in [4.78, 5) is 0. The highest BCUT2D eigenvalue weighted by Gasteiger charge is 2.33. The smallest absolute Gasteiger partial charge is 0.0604 e. The first-order valence-corrected chi connectivity index (χ1v) is 5.26. The SMILES string of the molecule is CCCO[C@H]1CC2CC[C@@H](C1)N2. The van der Waals surface area contributed by atoms with Crippen LogP contribution in [0.4, 0.5) is 0 Å². The molecule has 0 aromatic heterocycles. The number of fused-ring (bicyclic) bond motifs is 2. The molecule has 2 aliphatic heterocycles. The van der Waals surface area contributed by atoms with Crippen LogP contribution in [0.3, 0.4) is 0 Å². The summed E-state index contributed by atoms with van der Waals surface area (Å²) in [6.07, 6.45) is 6.95. The second kappa shape index (κ2) is 3.75. The zero-order chi connectivity index (χ0) is 8.39. The molecule has 0 amide bonds. The van der Waals surface area contributed by atoms with Crippen molar-refractivity contribution in [2.75, 3.05) is 6.61 Å². The molecule has 2 rings (SSSR count). The van der Waals surface area contributed by atoms with Crippen molar-refractivity contribution in [3.63, 3.8) is 0 Å². The average molecular weight is 169 g/mol. The average Bonchev–Trinajstić information content (AvgIpc) is 2.42. The van der Waals surface area contributed by atoms with E-state index in [2.05, 4.69) is 12.2 Å². The molecule has 2 saturated heterocycles. The molecular formula is C10H19NO. The predicted molar refractivity (Wildman–Crippen MR) is 49.2 cm³/mol. The molecule has 2 nitrogen and oxygen atoms in total. The molecule has 2 heteroatoms. The lowest BCUT2D eigenvalue weighted by atomic mass is 10.0. The Morgan fingerprint density at radius 2 is 1.92 bits per heavy atom. The van der Waals surface area contributed by atoms with Crippen LogP contribution in [0, 0.1) is 0 Å². The first kappa shape index (κ1) is 8.52. The first-order valence-electron chi connectivity index (χ1n) is 5.26. The maximum atomic E-state index is 5.77. The summed E-state index contributed by atoms with van der Waals surface area (Å²) in [5.41, 5.74) is 0. The summed E-state index contributed by atoms with van der Waals surface area (Å²) < 4.78 is 5.77. The minimum Gasteiger partial charge on any atom is -0.378 e. The van der Waals surface area contributed by atoms with Crippen LogP contribution in [0.5, 0.6) is 0 Å². The van der Waals surface area contributed by atoms with Gasteiger partial charge in [-0.15, -0.1) is 0 Å². The fourth-order valence-corrected chi connectivity index (χ4v) is 2.43. The van der Waals surface area contributed by atoms with Crippen LogP contribution in [-0.4, -0.2) is 24.8 Å². The highest BCUT2D eigenvalue weighted by molar-refractivity contribution is 4.92. The molecule has 2 fully saturated rings. The molecule has 2 bridgehead atoms. The minimum absolute atomic E-state index is 0.559.